The zero-order chi connectivity index (χ0) is 22.7. The largest absolute Gasteiger partial charge is 0.409 e. The molecule has 1 aromatic heterocycles. The molecule has 0 saturated heterocycles. The molecule has 0 saturated carbocycles. The molecule has 0 aliphatic carbocycles. The van der Waals surface area contributed by atoms with E-state index in [1.807, 2.05) is 64.2 Å². The Hall–Kier alpha value is -2.55. The van der Waals surface area contributed by atoms with Crippen LogP contribution in [0.25, 0.3) is 16.5 Å². The average molecular weight is 359 g/mol. The Bertz CT molecular complexity index is 1210. The highest BCUT2D eigenvalue weighted by Gasteiger charge is 2.39. The maximum atomic E-state index is 8.76. The Kier molecular flexibility index (Phi) is 3.30. The van der Waals surface area contributed by atoms with Crippen LogP contribution in [0.4, 0.5) is 5.82 Å². The number of anilines is 1. The maximum absolute atomic E-state index is 8.76. The number of aryl methyl sites for hydroxylation is 1. The first kappa shape index (κ1) is 13.6. The fourth-order valence-electron chi connectivity index (χ4n) is 4.27. The van der Waals surface area contributed by atoms with Crippen LogP contribution in [0.1, 0.15) is 50.1 Å². The molecule has 3 heteroatoms. The number of rotatable bonds is 2. The van der Waals surface area contributed by atoms with Gasteiger partial charge < -0.3 is 0 Å². The minimum absolute atomic E-state index is 0.0450. The van der Waals surface area contributed by atoms with Gasteiger partial charge in [-0.25, -0.2) is 4.57 Å². The molecule has 2 nitrogen and oxygen atoms in total. The molecule has 0 radical (unpaired) electrons. The molecule has 3 aromatic rings. The van der Waals surface area contributed by atoms with Crippen molar-refractivity contribution < 1.29 is 10.1 Å². The van der Waals surface area contributed by atoms with E-state index in [2.05, 4.69) is 34.4 Å². The minimum atomic E-state index is -2.23. The lowest BCUT2D eigenvalue weighted by atomic mass is 9.52. The van der Waals surface area contributed by atoms with E-state index in [-0.39, 0.29) is 6.85 Å². The van der Waals surface area contributed by atoms with E-state index in [0.717, 1.165) is 39.0 Å². The highest BCUT2D eigenvalue weighted by molar-refractivity contribution is 6.77. The van der Waals surface area contributed by atoms with Gasteiger partial charge in [0, 0.05) is 16.9 Å². The summed E-state index contributed by atoms with van der Waals surface area (Å²) in [7, 11) is 2.01. The molecule has 0 amide bonds. The first-order valence-corrected chi connectivity index (χ1v) is 9.45. The van der Waals surface area contributed by atoms with E-state index >= 15 is 0 Å². The predicted molar refractivity (Wildman–Crippen MR) is 118 cm³/mol. The number of aromatic nitrogens is 1. The van der Waals surface area contributed by atoms with Crippen molar-refractivity contribution >= 4 is 34.6 Å². The Labute approximate surface area is 168 Å². The Morgan fingerprint density at radius 3 is 2.56 bits per heavy atom. The molecule has 27 heavy (non-hydrogen) atoms. The topological polar surface area (TPSA) is 7.12 Å². The number of fused-ring (bicyclic) bond motifs is 2. The van der Waals surface area contributed by atoms with Crippen LogP contribution in [0.15, 0.2) is 60.3 Å². The van der Waals surface area contributed by atoms with Crippen molar-refractivity contribution in [3.05, 3.63) is 71.4 Å². The third kappa shape index (κ3) is 2.68. The van der Waals surface area contributed by atoms with Crippen molar-refractivity contribution in [1.82, 2.24) is 0 Å². The van der Waals surface area contributed by atoms with Crippen LogP contribution in [0.2, 0.25) is 6.82 Å². The summed E-state index contributed by atoms with van der Waals surface area (Å²) in [4.78, 5) is 2.12. The molecule has 4 rings (SSSR count). The second-order valence-corrected chi connectivity index (χ2v) is 7.59. The third-order valence-corrected chi connectivity index (χ3v) is 5.75. The van der Waals surface area contributed by atoms with Crippen molar-refractivity contribution in [2.24, 2.45) is 7.05 Å². The quantitative estimate of drug-likeness (QED) is 0.467. The van der Waals surface area contributed by atoms with Gasteiger partial charge in [-0.1, -0.05) is 56.3 Å². The summed E-state index contributed by atoms with van der Waals surface area (Å²) in [5.41, 5.74) is 4.86. The summed E-state index contributed by atoms with van der Waals surface area (Å²) in [5.74, 6) is 0.0830. The van der Waals surface area contributed by atoms with Gasteiger partial charge in [-0.2, -0.15) is 0 Å². The van der Waals surface area contributed by atoms with Crippen molar-refractivity contribution in [2.75, 3.05) is 4.81 Å². The lowest BCUT2D eigenvalue weighted by Crippen LogP contribution is -2.53. The molecule has 2 heterocycles. The monoisotopic (exact) mass is 359 g/mol. The summed E-state index contributed by atoms with van der Waals surface area (Å²) in [6.45, 7) is 5.52. The molecule has 0 bridgehead atoms. The SMILES string of the molecule is [2H]C([2H])([2H])C1=C(C)N(c2cc(C([2H])(C)C)c3ccccc3[n+]2C)B(C)c2ccccc21. The van der Waals surface area contributed by atoms with Crippen LogP contribution in [-0.2, 0) is 7.05 Å². The van der Waals surface area contributed by atoms with Crippen LogP contribution < -0.4 is 14.8 Å². The van der Waals surface area contributed by atoms with Crippen LogP contribution >= 0.6 is 0 Å². The normalized spacial score (nSPS) is 17.4. The molecular weight excluding hydrogens is 327 g/mol. The van der Waals surface area contributed by atoms with E-state index in [1.165, 1.54) is 0 Å². The first-order chi connectivity index (χ1) is 14.4. The van der Waals surface area contributed by atoms with Gasteiger partial charge in [-0.3, -0.25) is 4.81 Å². The number of allylic oxidation sites excluding steroid dienone is 2. The van der Waals surface area contributed by atoms with Gasteiger partial charge in [0.25, 0.3) is 5.82 Å². The van der Waals surface area contributed by atoms with Crippen molar-refractivity contribution in [3.63, 3.8) is 0 Å². The summed E-state index contributed by atoms with van der Waals surface area (Å²) in [6, 6.07) is 17.9. The van der Waals surface area contributed by atoms with Gasteiger partial charge in [0.2, 0.25) is 0 Å². The standard InChI is InChI=1S/C24H28BN2/c1-16(2)21-15-24(26(6)23-14-10-8-12-20(21)23)27-18(4)17(3)19-11-7-9-13-22(19)25(27)5/h7-16H,1-6H3/q+1/i3D3,16D. The van der Waals surface area contributed by atoms with Crippen LogP contribution in [0.5, 0.6) is 0 Å². The molecular formula is C24H28BN2+. The lowest BCUT2D eigenvalue weighted by molar-refractivity contribution is -0.631. The van der Waals surface area contributed by atoms with Crippen LogP contribution in [0.3, 0.4) is 0 Å². The van der Waals surface area contributed by atoms with Crippen LogP contribution in [0, 0.1) is 0 Å². The third-order valence-electron chi connectivity index (χ3n) is 5.75. The smallest absolute Gasteiger partial charge is 0.290 e. The van der Waals surface area contributed by atoms with Gasteiger partial charge in [0.1, 0.15) is 5.52 Å². The number of hydrogen-bond acceptors (Lipinski definition) is 1. The number of nitrogens with zero attached hydrogens (tertiary/aromatic N) is 2. The van der Waals surface area contributed by atoms with Crippen molar-refractivity contribution in [2.45, 2.75) is 40.3 Å². The summed E-state index contributed by atoms with van der Waals surface area (Å²) < 4.78 is 35.6. The van der Waals surface area contributed by atoms with E-state index < -0.39 is 12.7 Å². The molecule has 0 atom stereocenters. The van der Waals surface area contributed by atoms with Crippen molar-refractivity contribution in [3.8, 4) is 0 Å². The molecule has 0 unspecified atom stereocenters. The number of pyridine rings is 1. The van der Waals surface area contributed by atoms with Gasteiger partial charge in [-0.15, -0.1) is 0 Å². The lowest BCUT2D eigenvalue weighted by Gasteiger charge is -2.31. The predicted octanol–water partition coefficient (Wildman–Crippen LogP) is 4.89. The molecule has 0 N–H and O–H groups in total. The molecule has 1 aliphatic heterocycles. The van der Waals surface area contributed by atoms with E-state index in [4.69, 9.17) is 5.48 Å². The summed E-state index contributed by atoms with van der Waals surface area (Å²) in [5, 5.41) is 1.04. The van der Waals surface area contributed by atoms with E-state index in [0.29, 0.717) is 5.57 Å². The number of para-hydroxylation sites is 1. The van der Waals surface area contributed by atoms with E-state index in [9.17, 15) is 0 Å². The minimum Gasteiger partial charge on any atom is -0.290 e. The molecule has 0 fully saturated rings. The Balaban J connectivity index is 2.08. The molecule has 2 aromatic carbocycles. The average Bonchev–Trinajstić information content (AvgIpc) is 2.68. The fourth-order valence-corrected chi connectivity index (χ4v) is 4.27. The first-order valence-electron chi connectivity index (χ1n) is 11.4. The summed E-state index contributed by atoms with van der Waals surface area (Å²) >= 11 is 0. The zero-order valence-electron chi connectivity index (χ0n) is 20.7. The zero-order valence-corrected chi connectivity index (χ0v) is 16.7. The van der Waals surface area contributed by atoms with Gasteiger partial charge in [0.05, 0.1) is 12.7 Å². The molecule has 1 aliphatic rings. The van der Waals surface area contributed by atoms with Gasteiger partial charge in [0.15, 0.2) is 0 Å². The van der Waals surface area contributed by atoms with Gasteiger partial charge in [-0.05, 0) is 54.7 Å². The van der Waals surface area contributed by atoms with Gasteiger partial charge >= 0.3 is 6.85 Å². The van der Waals surface area contributed by atoms with E-state index in [1.54, 1.807) is 0 Å². The summed E-state index contributed by atoms with van der Waals surface area (Å²) in [6.07, 6.45) is 0. The fraction of sp³-hybridized carbons (Fsp3) is 0.292. The Morgan fingerprint density at radius 1 is 1.11 bits per heavy atom. The Morgan fingerprint density at radius 2 is 1.81 bits per heavy atom. The second kappa shape index (κ2) is 6.56. The van der Waals surface area contributed by atoms with Crippen LogP contribution in [-0.4, -0.2) is 6.85 Å². The molecule has 0 spiro atoms. The highest BCUT2D eigenvalue weighted by atomic mass is 15.2. The molecule has 136 valence electrons. The second-order valence-electron chi connectivity index (χ2n) is 7.59. The highest BCUT2D eigenvalue weighted by Crippen LogP contribution is 2.33. The number of hydrogen-bond donors (Lipinski definition) is 0. The number of benzene rings is 2. The maximum Gasteiger partial charge on any atom is 0.409 e. The van der Waals surface area contributed by atoms with Crippen molar-refractivity contribution in [1.29, 1.82) is 0 Å².